The Bertz CT molecular complexity index is 829. The maximum absolute atomic E-state index is 12.9. The number of aliphatic imine (C=N–C) groups is 2. The minimum Gasteiger partial charge on any atom is -0.353 e. The first-order chi connectivity index (χ1) is 13.7. The van der Waals surface area contributed by atoms with Gasteiger partial charge in [-0.25, -0.2) is 9.89 Å². The van der Waals surface area contributed by atoms with Gasteiger partial charge < -0.3 is 5.32 Å². The fourth-order valence-corrected chi connectivity index (χ4v) is 4.82. The van der Waals surface area contributed by atoms with Gasteiger partial charge in [0, 0.05) is 11.6 Å². The third kappa shape index (κ3) is 3.85. The van der Waals surface area contributed by atoms with Crippen molar-refractivity contribution in [3.8, 4) is 0 Å². The van der Waals surface area contributed by atoms with E-state index in [4.69, 9.17) is 4.99 Å². The number of para-hydroxylation sites is 1. The van der Waals surface area contributed by atoms with Crippen LogP contribution in [0.3, 0.4) is 0 Å². The van der Waals surface area contributed by atoms with E-state index in [-0.39, 0.29) is 29.7 Å². The maximum Gasteiger partial charge on any atom is 0.259 e. The number of nitrogens with one attached hydrogen (secondary N) is 1. The highest BCUT2D eigenvalue weighted by Gasteiger charge is 2.40. The molecule has 0 aromatic heterocycles. The second kappa shape index (κ2) is 8.47. The number of carbonyl (C=O) groups is 2. The zero-order valence-electron chi connectivity index (χ0n) is 16.2. The molecule has 0 saturated heterocycles. The lowest BCUT2D eigenvalue weighted by molar-refractivity contribution is -0.124. The van der Waals surface area contributed by atoms with E-state index in [1.54, 1.807) is 4.90 Å². The van der Waals surface area contributed by atoms with Gasteiger partial charge in [-0.15, -0.1) is 0 Å². The molecule has 0 radical (unpaired) electrons. The Labute approximate surface area is 169 Å². The van der Waals surface area contributed by atoms with E-state index in [2.05, 4.69) is 17.2 Å². The molecule has 1 N–H and O–H groups in total. The zero-order chi connectivity index (χ0) is 19.5. The van der Waals surface area contributed by atoms with E-state index in [1.807, 2.05) is 24.3 Å². The number of nitrogens with zero attached hydrogens (tertiary/aromatic N) is 3. The predicted octanol–water partition coefficient (Wildman–Crippen LogP) is 3.63. The Balaban J connectivity index is 1.50. The van der Waals surface area contributed by atoms with Crippen molar-refractivity contribution in [1.29, 1.82) is 0 Å². The minimum absolute atomic E-state index is 0.00806. The van der Waals surface area contributed by atoms with Crippen molar-refractivity contribution in [2.75, 3.05) is 5.75 Å². The lowest BCUT2D eigenvalue weighted by atomic mass is 9.95. The molecule has 1 aliphatic carbocycles. The molecule has 1 atom stereocenters. The standard InChI is InChI=1S/C21H26N4O2S/c1-2-8-17-20(27)25-19(23-17)15-11-6-7-12-16(15)24-21(25)28-13-18(26)22-14-9-4-3-5-10-14/h6-7,11-12,14,17H,2-5,8-10,13H2,1H3,(H,22,26)/t17-/m0/s1. The van der Waals surface area contributed by atoms with Gasteiger partial charge in [0.15, 0.2) is 5.17 Å². The fourth-order valence-electron chi connectivity index (χ4n) is 4.01. The molecule has 2 aliphatic heterocycles. The van der Waals surface area contributed by atoms with Crippen molar-refractivity contribution in [2.45, 2.75) is 64.0 Å². The molecule has 148 valence electrons. The highest BCUT2D eigenvalue weighted by molar-refractivity contribution is 8.14. The van der Waals surface area contributed by atoms with Gasteiger partial charge in [0.1, 0.15) is 11.9 Å². The Morgan fingerprint density at radius 2 is 2.04 bits per heavy atom. The van der Waals surface area contributed by atoms with Crippen molar-refractivity contribution in [3.05, 3.63) is 29.8 Å². The van der Waals surface area contributed by atoms with Gasteiger partial charge in [-0.2, -0.15) is 0 Å². The molecule has 0 unspecified atom stereocenters. The van der Waals surface area contributed by atoms with Crippen LogP contribution in [0, 0.1) is 0 Å². The van der Waals surface area contributed by atoms with Crippen LogP contribution >= 0.6 is 11.8 Å². The van der Waals surface area contributed by atoms with Gasteiger partial charge in [0.25, 0.3) is 5.91 Å². The van der Waals surface area contributed by atoms with Crippen molar-refractivity contribution in [1.82, 2.24) is 10.2 Å². The summed E-state index contributed by atoms with van der Waals surface area (Å²) in [4.78, 5) is 36.3. The van der Waals surface area contributed by atoms with Gasteiger partial charge in [-0.05, 0) is 31.4 Å². The molecule has 1 fully saturated rings. The minimum atomic E-state index is -0.354. The van der Waals surface area contributed by atoms with Crippen LogP contribution in [0.15, 0.2) is 34.3 Å². The van der Waals surface area contributed by atoms with Gasteiger partial charge in [-0.1, -0.05) is 56.5 Å². The van der Waals surface area contributed by atoms with Gasteiger partial charge in [0.05, 0.1) is 11.4 Å². The summed E-state index contributed by atoms with van der Waals surface area (Å²) in [7, 11) is 0. The number of hydrogen-bond donors (Lipinski definition) is 1. The van der Waals surface area contributed by atoms with Crippen LogP contribution in [0.2, 0.25) is 0 Å². The molecule has 1 aromatic carbocycles. The second-order valence-corrected chi connectivity index (χ2v) is 8.48. The third-order valence-corrected chi connectivity index (χ3v) is 6.35. The average Bonchev–Trinajstić information content (AvgIpc) is 3.04. The van der Waals surface area contributed by atoms with Gasteiger partial charge in [-0.3, -0.25) is 14.6 Å². The fraction of sp³-hybridized carbons (Fsp3) is 0.524. The summed E-state index contributed by atoms with van der Waals surface area (Å²) in [6.07, 6.45) is 7.36. The molecule has 0 spiro atoms. The number of thioether (sulfide) groups is 1. The first-order valence-corrected chi connectivity index (χ1v) is 11.2. The Morgan fingerprint density at radius 1 is 1.25 bits per heavy atom. The number of amidine groups is 2. The Kier molecular flexibility index (Phi) is 5.80. The lowest BCUT2D eigenvalue weighted by Gasteiger charge is -2.26. The molecule has 6 nitrogen and oxygen atoms in total. The summed E-state index contributed by atoms with van der Waals surface area (Å²) >= 11 is 1.32. The Hall–Kier alpha value is -2.15. The molecule has 3 aliphatic rings. The van der Waals surface area contributed by atoms with Crippen molar-refractivity contribution < 1.29 is 9.59 Å². The van der Waals surface area contributed by atoms with Crippen molar-refractivity contribution >= 4 is 40.3 Å². The van der Waals surface area contributed by atoms with E-state index in [9.17, 15) is 9.59 Å². The summed E-state index contributed by atoms with van der Waals surface area (Å²) in [5.74, 6) is 0.899. The van der Waals surface area contributed by atoms with Crippen LogP contribution in [-0.2, 0) is 9.59 Å². The van der Waals surface area contributed by atoms with Crippen LogP contribution < -0.4 is 5.32 Å². The number of carbonyl (C=O) groups excluding carboxylic acids is 2. The average molecular weight is 399 g/mol. The summed E-state index contributed by atoms with van der Waals surface area (Å²) in [5, 5.41) is 3.68. The molecule has 1 saturated carbocycles. The molecule has 4 rings (SSSR count). The van der Waals surface area contributed by atoms with Crippen LogP contribution in [0.1, 0.15) is 57.4 Å². The van der Waals surface area contributed by atoms with Gasteiger partial charge in [0.2, 0.25) is 5.91 Å². The smallest absolute Gasteiger partial charge is 0.259 e. The summed E-state index contributed by atoms with van der Waals surface area (Å²) in [5.41, 5.74) is 1.68. The second-order valence-electron chi connectivity index (χ2n) is 7.53. The van der Waals surface area contributed by atoms with Crippen LogP contribution in [0.4, 0.5) is 5.69 Å². The van der Waals surface area contributed by atoms with E-state index < -0.39 is 0 Å². The highest BCUT2D eigenvalue weighted by Crippen LogP contribution is 2.34. The van der Waals surface area contributed by atoms with Crippen LogP contribution in [0.5, 0.6) is 0 Å². The van der Waals surface area contributed by atoms with E-state index in [1.165, 1.54) is 31.0 Å². The normalized spacial score (nSPS) is 21.7. The van der Waals surface area contributed by atoms with Crippen molar-refractivity contribution in [3.63, 3.8) is 0 Å². The molecule has 2 amide bonds. The predicted molar refractivity (Wildman–Crippen MR) is 113 cm³/mol. The zero-order valence-corrected chi connectivity index (χ0v) is 17.0. The topological polar surface area (TPSA) is 74.1 Å². The number of hydrogen-bond acceptors (Lipinski definition) is 5. The largest absolute Gasteiger partial charge is 0.353 e. The van der Waals surface area contributed by atoms with E-state index in [0.29, 0.717) is 11.0 Å². The molecule has 2 heterocycles. The monoisotopic (exact) mass is 398 g/mol. The first-order valence-electron chi connectivity index (χ1n) is 10.2. The van der Waals surface area contributed by atoms with E-state index in [0.717, 1.165) is 36.9 Å². The SMILES string of the molecule is CCC[C@@H]1N=C2c3ccccc3N=C(SCC(=O)NC3CCCCC3)N2C1=O. The number of rotatable bonds is 5. The molecular weight excluding hydrogens is 372 g/mol. The molecule has 28 heavy (non-hydrogen) atoms. The molecule has 7 heteroatoms. The van der Waals surface area contributed by atoms with Crippen LogP contribution in [-0.4, -0.2) is 45.6 Å². The summed E-state index contributed by atoms with van der Waals surface area (Å²) in [6, 6.07) is 7.67. The lowest BCUT2D eigenvalue weighted by Crippen LogP contribution is -2.42. The molecular formula is C21H26N4O2S. The number of fused-ring (bicyclic) bond motifs is 3. The maximum atomic E-state index is 12.9. The molecule has 1 aromatic rings. The van der Waals surface area contributed by atoms with E-state index >= 15 is 0 Å². The van der Waals surface area contributed by atoms with Gasteiger partial charge >= 0.3 is 0 Å². The molecule has 0 bridgehead atoms. The summed E-state index contributed by atoms with van der Waals surface area (Å²) < 4.78 is 0. The Morgan fingerprint density at radius 3 is 2.82 bits per heavy atom. The van der Waals surface area contributed by atoms with Crippen LogP contribution in [0.25, 0.3) is 0 Å². The quantitative estimate of drug-likeness (QED) is 0.823. The van der Waals surface area contributed by atoms with Crippen molar-refractivity contribution in [2.24, 2.45) is 9.98 Å². The number of benzene rings is 1. The highest BCUT2D eigenvalue weighted by atomic mass is 32.2. The third-order valence-electron chi connectivity index (χ3n) is 5.41. The number of amides is 2. The summed E-state index contributed by atoms with van der Waals surface area (Å²) in [6.45, 7) is 2.05. The first kappa shape index (κ1) is 19.2.